The zero-order valence-corrected chi connectivity index (χ0v) is 16.3. The van der Waals surface area contributed by atoms with Crippen LogP contribution in [0, 0.1) is 5.82 Å². The maximum Gasteiger partial charge on any atom is 0.341 e. The molecule has 0 bridgehead atoms. The molecule has 0 radical (unpaired) electrons. The average molecular weight is 423 g/mol. The maximum absolute atomic E-state index is 13.9. The molecule has 2 aromatic rings. The number of carbonyl (C=O) groups is 3. The van der Waals surface area contributed by atoms with E-state index in [0.29, 0.717) is 11.3 Å². The molecule has 2 amide bonds. The van der Waals surface area contributed by atoms with Gasteiger partial charge in [0.25, 0.3) is 11.8 Å². The molecule has 11 heteroatoms. The lowest BCUT2D eigenvalue weighted by Gasteiger charge is -2.09. The van der Waals surface area contributed by atoms with E-state index in [1.165, 1.54) is 38.4 Å². The van der Waals surface area contributed by atoms with Crippen molar-refractivity contribution in [3.05, 3.63) is 59.4 Å². The van der Waals surface area contributed by atoms with Gasteiger partial charge in [0.2, 0.25) is 10.0 Å². The summed E-state index contributed by atoms with van der Waals surface area (Å²) in [7, 11) is -1.23. The second-order valence-corrected chi connectivity index (χ2v) is 7.52. The number of hydrogen-bond donors (Lipinski definition) is 3. The molecular weight excluding hydrogens is 405 g/mol. The molecule has 0 atom stereocenters. The van der Waals surface area contributed by atoms with E-state index in [0.717, 1.165) is 18.2 Å². The van der Waals surface area contributed by atoms with Crippen molar-refractivity contribution in [2.24, 2.45) is 0 Å². The smallest absolute Gasteiger partial charge is 0.341 e. The highest BCUT2D eigenvalue weighted by molar-refractivity contribution is 7.89. The molecule has 154 valence electrons. The van der Waals surface area contributed by atoms with Crippen molar-refractivity contribution in [1.82, 2.24) is 10.0 Å². The number of ether oxygens (including phenoxy) is 1. The normalized spacial score (nSPS) is 10.9. The number of sulfonamides is 1. The third-order valence-electron chi connectivity index (χ3n) is 3.73. The summed E-state index contributed by atoms with van der Waals surface area (Å²) in [5.41, 5.74) is 0.125. The van der Waals surface area contributed by atoms with Gasteiger partial charge in [-0.15, -0.1) is 0 Å². The van der Waals surface area contributed by atoms with Gasteiger partial charge >= 0.3 is 5.97 Å². The minimum absolute atomic E-state index is 0.290. The summed E-state index contributed by atoms with van der Waals surface area (Å²) in [6, 6.07) is 8.57. The number of carbonyl (C=O) groups excluding carboxylic acids is 3. The predicted molar refractivity (Wildman–Crippen MR) is 101 cm³/mol. The summed E-state index contributed by atoms with van der Waals surface area (Å²) in [6.07, 6.45) is 0. The number of anilines is 1. The van der Waals surface area contributed by atoms with Gasteiger partial charge in [-0.2, -0.15) is 0 Å². The van der Waals surface area contributed by atoms with Gasteiger partial charge in [0.15, 0.2) is 6.61 Å². The Bertz CT molecular complexity index is 1040. The maximum atomic E-state index is 13.9. The molecule has 0 aliphatic carbocycles. The van der Waals surface area contributed by atoms with Gasteiger partial charge in [-0.3, -0.25) is 9.59 Å². The minimum Gasteiger partial charge on any atom is -0.452 e. The Morgan fingerprint density at radius 1 is 1.03 bits per heavy atom. The van der Waals surface area contributed by atoms with Gasteiger partial charge < -0.3 is 15.4 Å². The molecular formula is C18H18FN3O6S. The van der Waals surface area contributed by atoms with Gasteiger partial charge in [-0.25, -0.2) is 22.3 Å². The Morgan fingerprint density at radius 2 is 1.69 bits per heavy atom. The molecule has 3 N–H and O–H groups in total. The minimum atomic E-state index is -3.89. The first-order valence-electron chi connectivity index (χ1n) is 8.20. The van der Waals surface area contributed by atoms with Crippen LogP contribution in [0.2, 0.25) is 0 Å². The molecule has 0 spiro atoms. The van der Waals surface area contributed by atoms with Crippen LogP contribution in [0.25, 0.3) is 0 Å². The topological polar surface area (TPSA) is 131 Å². The number of esters is 1. The molecule has 2 rings (SSSR count). The van der Waals surface area contributed by atoms with Crippen molar-refractivity contribution in [2.45, 2.75) is 4.90 Å². The van der Waals surface area contributed by atoms with Gasteiger partial charge in [0.05, 0.1) is 10.5 Å². The SMILES string of the molecule is CNC(=O)c1ccc(NC(=O)COC(=O)c2cc(S(=O)(=O)NC)ccc2F)cc1. The van der Waals surface area contributed by atoms with Gasteiger partial charge in [0, 0.05) is 18.3 Å². The molecule has 9 nitrogen and oxygen atoms in total. The Kier molecular flexibility index (Phi) is 7.02. The third kappa shape index (κ3) is 5.59. The molecule has 0 aromatic heterocycles. The van der Waals surface area contributed by atoms with Crippen molar-refractivity contribution in [3.8, 4) is 0 Å². The number of hydrogen-bond acceptors (Lipinski definition) is 6. The molecule has 0 fully saturated rings. The van der Waals surface area contributed by atoms with E-state index in [-0.39, 0.29) is 10.8 Å². The van der Waals surface area contributed by atoms with Crippen LogP contribution in [0.4, 0.5) is 10.1 Å². The van der Waals surface area contributed by atoms with Crippen LogP contribution in [0.15, 0.2) is 47.4 Å². The Balaban J connectivity index is 2.01. The van der Waals surface area contributed by atoms with Gasteiger partial charge in [-0.1, -0.05) is 0 Å². The van der Waals surface area contributed by atoms with Crippen LogP contribution < -0.4 is 15.4 Å². The number of nitrogens with one attached hydrogen (secondary N) is 3. The number of amides is 2. The predicted octanol–water partition coefficient (Wildman–Crippen LogP) is 0.889. The Hall–Kier alpha value is -3.31. The molecule has 0 heterocycles. The van der Waals surface area contributed by atoms with E-state index in [9.17, 15) is 27.2 Å². The van der Waals surface area contributed by atoms with Crippen LogP contribution in [-0.2, 0) is 19.6 Å². The van der Waals surface area contributed by atoms with Crippen LogP contribution >= 0.6 is 0 Å². The summed E-state index contributed by atoms with van der Waals surface area (Å²) in [5, 5.41) is 4.90. The molecule has 2 aromatic carbocycles. The first-order chi connectivity index (χ1) is 13.7. The fourth-order valence-electron chi connectivity index (χ4n) is 2.20. The van der Waals surface area contributed by atoms with Gasteiger partial charge in [0.1, 0.15) is 5.82 Å². The lowest BCUT2D eigenvalue weighted by Crippen LogP contribution is -2.22. The summed E-state index contributed by atoms with van der Waals surface area (Å²) >= 11 is 0. The highest BCUT2D eigenvalue weighted by Gasteiger charge is 2.20. The van der Waals surface area contributed by atoms with E-state index < -0.39 is 39.9 Å². The summed E-state index contributed by atoms with van der Waals surface area (Å²) in [4.78, 5) is 35.1. The monoisotopic (exact) mass is 423 g/mol. The van der Waals surface area contributed by atoms with Crippen LogP contribution in [0.3, 0.4) is 0 Å². The van der Waals surface area contributed by atoms with E-state index >= 15 is 0 Å². The molecule has 0 aliphatic rings. The van der Waals surface area contributed by atoms with Crippen molar-refractivity contribution < 1.29 is 31.9 Å². The highest BCUT2D eigenvalue weighted by Crippen LogP contribution is 2.16. The zero-order valence-electron chi connectivity index (χ0n) is 15.5. The van der Waals surface area contributed by atoms with Crippen molar-refractivity contribution in [1.29, 1.82) is 0 Å². The molecule has 29 heavy (non-hydrogen) atoms. The summed E-state index contributed by atoms with van der Waals surface area (Å²) in [6.45, 7) is -0.724. The third-order valence-corrected chi connectivity index (χ3v) is 5.14. The van der Waals surface area contributed by atoms with Crippen LogP contribution in [-0.4, -0.2) is 46.9 Å². The van der Waals surface area contributed by atoms with Crippen LogP contribution in [0.1, 0.15) is 20.7 Å². The average Bonchev–Trinajstić information content (AvgIpc) is 2.72. The number of rotatable bonds is 7. The van der Waals surface area contributed by atoms with E-state index in [1.54, 1.807) is 0 Å². The second-order valence-electron chi connectivity index (χ2n) is 5.63. The van der Waals surface area contributed by atoms with E-state index in [4.69, 9.17) is 4.74 Å². The summed E-state index contributed by atoms with van der Waals surface area (Å²) < 4.78 is 44.2. The lowest BCUT2D eigenvalue weighted by atomic mass is 10.2. The van der Waals surface area contributed by atoms with Crippen molar-refractivity contribution in [3.63, 3.8) is 0 Å². The zero-order chi connectivity index (χ0) is 21.6. The number of benzene rings is 2. The van der Waals surface area contributed by atoms with Crippen molar-refractivity contribution in [2.75, 3.05) is 26.0 Å². The Labute approximate surface area is 166 Å². The molecule has 0 aliphatic heterocycles. The first kappa shape index (κ1) is 22.0. The fourth-order valence-corrected chi connectivity index (χ4v) is 2.96. The highest BCUT2D eigenvalue weighted by atomic mass is 32.2. The van der Waals surface area contributed by atoms with Crippen LogP contribution in [0.5, 0.6) is 0 Å². The Morgan fingerprint density at radius 3 is 2.28 bits per heavy atom. The van der Waals surface area contributed by atoms with E-state index in [1.807, 2.05) is 4.72 Å². The van der Waals surface area contributed by atoms with Crippen molar-refractivity contribution >= 4 is 33.5 Å². The van der Waals surface area contributed by atoms with E-state index in [2.05, 4.69) is 10.6 Å². The molecule has 0 saturated heterocycles. The lowest BCUT2D eigenvalue weighted by molar-refractivity contribution is -0.119. The quantitative estimate of drug-likeness (QED) is 0.567. The molecule has 0 saturated carbocycles. The fraction of sp³-hybridized carbons (Fsp3) is 0.167. The first-order valence-corrected chi connectivity index (χ1v) is 9.68. The van der Waals surface area contributed by atoms with Gasteiger partial charge in [-0.05, 0) is 49.5 Å². The molecule has 0 unspecified atom stereocenters. The summed E-state index contributed by atoms with van der Waals surface area (Å²) in [5.74, 6) is -3.18. The number of halogens is 1. The second kappa shape index (κ2) is 9.26. The standard InChI is InChI=1S/C18H18FN3O6S/c1-20-17(24)11-3-5-12(6-4-11)22-16(23)10-28-18(25)14-9-13(7-8-15(14)19)29(26,27)21-2/h3-9,21H,10H2,1-2H3,(H,20,24)(H,22,23). The largest absolute Gasteiger partial charge is 0.452 e.